The molecule has 1 amide bonds. The van der Waals surface area contributed by atoms with E-state index in [1.165, 1.54) is 0 Å². The Morgan fingerprint density at radius 1 is 1.29 bits per heavy atom. The molecule has 0 fully saturated rings. The smallest absolute Gasteiger partial charge is 0.237 e. The van der Waals surface area contributed by atoms with Gasteiger partial charge in [-0.3, -0.25) is 9.00 Å². The van der Waals surface area contributed by atoms with E-state index in [4.69, 9.17) is 5.73 Å². The van der Waals surface area contributed by atoms with E-state index < -0.39 is 10.8 Å². The number of carbonyl (C=O) groups is 1. The van der Waals surface area contributed by atoms with Crippen molar-refractivity contribution in [1.29, 1.82) is 0 Å². The Hall–Kier alpha value is -1.66. The zero-order valence-corrected chi connectivity index (χ0v) is 13.8. The summed E-state index contributed by atoms with van der Waals surface area (Å²) in [6.07, 6.45) is 0. The van der Waals surface area contributed by atoms with E-state index in [2.05, 4.69) is 21.2 Å². The summed E-state index contributed by atoms with van der Waals surface area (Å²) in [5.41, 5.74) is 7.78. The first-order valence-electron chi connectivity index (χ1n) is 6.26. The van der Waals surface area contributed by atoms with Crippen LogP contribution in [0.1, 0.15) is 5.56 Å². The van der Waals surface area contributed by atoms with Gasteiger partial charge in [-0.15, -0.1) is 0 Å². The molecule has 21 heavy (non-hydrogen) atoms. The molecule has 0 aromatic heterocycles. The molecule has 0 radical (unpaired) electrons. The quantitative estimate of drug-likeness (QED) is 0.816. The van der Waals surface area contributed by atoms with Gasteiger partial charge in [0.15, 0.2) is 0 Å². The first kappa shape index (κ1) is 15.7. The van der Waals surface area contributed by atoms with Crippen LogP contribution in [-0.2, 0) is 15.6 Å². The first-order valence-corrected chi connectivity index (χ1v) is 8.37. The predicted molar refractivity (Wildman–Crippen MR) is 89.6 cm³/mol. The molecular weight excluding hydrogens is 352 g/mol. The van der Waals surface area contributed by atoms with E-state index in [0.717, 1.165) is 10.0 Å². The largest absolute Gasteiger partial charge is 0.398 e. The van der Waals surface area contributed by atoms with Gasteiger partial charge in [-0.2, -0.15) is 0 Å². The molecule has 0 aliphatic carbocycles. The molecule has 0 aliphatic heterocycles. The van der Waals surface area contributed by atoms with Gasteiger partial charge in [0.2, 0.25) is 5.91 Å². The van der Waals surface area contributed by atoms with Crippen LogP contribution in [0.2, 0.25) is 0 Å². The molecule has 4 nitrogen and oxygen atoms in total. The minimum absolute atomic E-state index is 0.100. The maximum Gasteiger partial charge on any atom is 0.237 e. The number of carbonyl (C=O) groups excluding carboxylic acids is 1. The second-order valence-corrected chi connectivity index (χ2v) is 6.85. The number of rotatable bonds is 4. The predicted octanol–water partition coefficient (Wildman–Crippen LogP) is 3.09. The Morgan fingerprint density at radius 2 is 2.00 bits per heavy atom. The van der Waals surface area contributed by atoms with Crippen LogP contribution in [0.4, 0.5) is 11.4 Å². The van der Waals surface area contributed by atoms with Crippen molar-refractivity contribution in [2.75, 3.05) is 16.8 Å². The molecule has 0 bridgehead atoms. The highest BCUT2D eigenvalue weighted by Crippen LogP contribution is 2.20. The number of anilines is 2. The minimum Gasteiger partial charge on any atom is -0.398 e. The van der Waals surface area contributed by atoms with Crippen molar-refractivity contribution in [3.8, 4) is 0 Å². The highest BCUT2D eigenvalue weighted by molar-refractivity contribution is 9.10. The number of amides is 1. The molecule has 0 saturated heterocycles. The van der Waals surface area contributed by atoms with Crippen molar-refractivity contribution in [2.45, 2.75) is 11.8 Å². The highest BCUT2D eigenvalue weighted by Gasteiger charge is 2.13. The van der Waals surface area contributed by atoms with Crippen LogP contribution in [0, 0.1) is 6.92 Å². The molecule has 2 aromatic carbocycles. The summed E-state index contributed by atoms with van der Waals surface area (Å²) < 4.78 is 13.1. The van der Waals surface area contributed by atoms with Gasteiger partial charge in [0.25, 0.3) is 0 Å². The lowest BCUT2D eigenvalue weighted by molar-refractivity contribution is -0.113. The van der Waals surface area contributed by atoms with Crippen LogP contribution in [0.15, 0.2) is 51.8 Å². The van der Waals surface area contributed by atoms with Crippen molar-refractivity contribution in [3.63, 3.8) is 0 Å². The zero-order chi connectivity index (χ0) is 15.4. The molecule has 1 atom stereocenters. The molecule has 1 unspecified atom stereocenters. The maximum atomic E-state index is 12.3. The third-order valence-corrected chi connectivity index (χ3v) is 4.89. The molecular formula is C15H15BrN2O2S. The summed E-state index contributed by atoms with van der Waals surface area (Å²) in [6, 6.07) is 12.5. The molecule has 6 heteroatoms. The Kier molecular flexibility index (Phi) is 5.14. The number of nitrogen functional groups attached to an aromatic ring is 1. The van der Waals surface area contributed by atoms with E-state index >= 15 is 0 Å². The van der Waals surface area contributed by atoms with Crippen LogP contribution in [0.3, 0.4) is 0 Å². The molecule has 0 aliphatic rings. The van der Waals surface area contributed by atoms with Crippen LogP contribution in [0.5, 0.6) is 0 Å². The molecule has 3 N–H and O–H groups in total. The fourth-order valence-electron chi connectivity index (χ4n) is 1.84. The SMILES string of the molecule is Cc1c(N)cccc1S(=O)CC(=O)Nc1cccc(Br)c1. The molecule has 0 spiro atoms. The van der Waals surface area contributed by atoms with Gasteiger partial charge in [0.1, 0.15) is 5.75 Å². The minimum atomic E-state index is -1.42. The number of halogens is 1. The summed E-state index contributed by atoms with van der Waals surface area (Å²) in [5, 5.41) is 2.72. The third-order valence-electron chi connectivity index (χ3n) is 2.94. The Bertz CT molecular complexity index is 704. The van der Waals surface area contributed by atoms with E-state index in [0.29, 0.717) is 16.3 Å². The van der Waals surface area contributed by atoms with Gasteiger partial charge in [0, 0.05) is 20.7 Å². The van der Waals surface area contributed by atoms with Crippen LogP contribution in [-0.4, -0.2) is 15.9 Å². The fourth-order valence-corrected chi connectivity index (χ4v) is 3.39. The van der Waals surface area contributed by atoms with Crippen molar-refractivity contribution in [1.82, 2.24) is 0 Å². The maximum absolute atomic E-state index is 12.3. The number of benzene rings is 2. The zero-order valence-electron chi connectivity index (χ0n) is 11.4. The second-order valence-electron chi connectivity index (χ2n) is 4.52. The van der Waals surface area contributed by atoms with E-state index in [1.807, 2.05) is 12.1 Å². The van der Waals surface area contributed by atoms with Crippen molar-refractivity contribution in [3.05, 3.63) is 52.5 Å². The van der Waals surface area contributed by atoms with Crippen molar-refractivity contribution in [2.24, 2.45) is 0 Å². The van der Waals surface area contributed by atoms with Crippen molar-refractivity contribution < 1.29 is 9.00 Å². The van der Waals surface area contributed by atoms with Gasteiger partial charge < -0.3 is 11.1 Å². The Balaban J connectivity index is 2.06. The Morgan fingerprint density at radius 3 is 2.71 bits per heavy atom. The molecule has 110 valence electrons. The lowest BCUT2D eigenvalue weighted by atomic mass is 10.2. The lowest BCUT2D eigenvalue weighted by Gasteiger charge is -2.09. The van der Waals surface area contributed by atoms with Crippen LogP contribution in [0.25, 0.3) is 0 Å². The second kappa shape index (κ2) is 6.87. The number of hydrogen-bond donors (Lipinski definition) is 2. The van der Waals surface area contributed by atoms with Gasteiger partial charge in [-0.25, -0.2) is 0 Å². The Labute approximate surface area is 134 Å². The number of nitrogens with two attached hydrogens (primary N) is 1. The summed E-state index contributed by atoms with van der Waals surface area (Å²) in [4.78, 5) is 12.5. The number of hydrogen-bond acceptors (Lipinski definition) is 3. The van der Waals surface area contributed by atoms with E-state index in [1.54, 1.807) is 37.3 Å². The summed E-state index contributed by atoms with van der Waals surface area (Å²) >= 11 is 3.33. The molecule has 2 rings (SSSR count). The summed E-state index contributed by atoms with van der Waals surface area (Å²) in [7, 11) is -1.42. The normalized spacial score (nSPS) is 11.9. The van der Waals surface area contributed by atoms with Gasteiger partial charge >= 0.3 is 0 Å². The first-order chi connectivity index (χ1) is 9.97. The van der Waals surface area contributed by atoms with Gasteiger partial charge in [-0.05, 0) is 42.8 Å². The summed E-state index contributed by atoms with van der Waals surface area (Å²) in [5.74, 6) is -0.398. The molecule has 0 saturated carbocycles. The standard InChI is InChI=1S/C15H15BrN2O2S/c1-10-13(17)6-3-7-14(10)21(20)9-15(19)18-12-5-2-4-11(16)8-12/h2-8H,9,17H2,1H3,(H,18,19). The monoisotopic (exact) mass is 366 g/mol. The highest BCUT2D eigenvalue weighted by atomic mass is 79.9. The van der Waals surface area contributed by atoms with Gasteiger partial charge in [-0.1, -0.05) is 28.1 Å². The van der Waals surface area contributed by atoms with Crippen LogP contribution >= 0.6 is 15.9 Å². The topological polar surface area (TPSA) is 72.2 Å². The van der Waals surface area contributed by atoms with E-state index in [9.17, 15) is 9.00 Å². The molecule has 0 heterocycles. The van der Waals surface area contributed by atoms with Crippen molar-refractivity contribution >= 4 is 44.0 Å². The molecule has 2 aromatic rings. The fraction of sp³-hybridized carbons (Fsp3) is 0.133. The number of nitrogens with one attached hydrogen (secondary N) is 1. The average Bonchev–Trinajstić information content (AvgIpc) is 2.41. The third kappa shape index (κ3) is 4.15. The van der Waals surface area contributed by atoms with Gasteiger partial charge in [0.05, 0.1) is 10.8 Å². The lowest BCUT2D eigenvalue weighted by Crippen LogP contribution is -2.20. The van der Waals surface area contributed by atoms with Crippen LogP contribution < -0.4 is 11.1 Å². The summed E-state index contributed by atoms with van der Waals surface area (Å²) in [6.45, 7) is 1.80. The average molecular weight is 367 g/mol. The van der Waals surface area contributed by atoms with E-state index in [-0.39, 0.29) is 11.7 Å².